The van der Waals surface area contributed by atoms with Crippen molar-refractivity contribution in [3.8, 4) is 0 Å². The zero-order chi connectivity index (χ0) is 10.1. The van der Waals surface area contributed by atoms with Gasteiger partial charge in [0.25, 0.3) is 0 Å². The van der Waals surface area contributed by atoms with Crippen LogP contribution in [0.1, 0.15) is 42.4 Å². The summed E-state index contributed by atoms with van der Waals surface area (Å²) in [7, 11) is 0. The summed E-state index contributed by atoms with van der Waals surface area (Å²) in [5, 5.41) is 9.12. The summed E-state index contributed by atoms with van der Waals surface area (Å²) in [6.45, 7) is 4.33. The summed E-state index contributed by atoms with van der Waals surface area (Å²) >= 11 is 0. The minimum Gasteiger partial charge on any atom is -0.395 e. The quantitative estimate of drug-likeness (QED) is 0.775. The minimum absolute atomic E-state index is 0.162. The van der Waals surface area contributed by atoms with Crippen molar-refractivity contribution < 1.29 is 5.11 Å². The van der Waals surface area contributed by atoms with Crippen LogP contribution in [-0.2, 0) is 0 Å². The third-order valence-corrected chi connectivity index (χ3v) is 3.09. The van der Waals surface area contributed by atoms with E-state index >= 15 is 0 Å². The van der Waals surface area contributed by atoms with E-state index in [0.717, 1.165) is 11.8 Å². The van der Waals surface area contributed by atoms with E-state index < -0.39 is 0 Å². The molecule has 1 aromatic carbocycles. The lowest BCUT2D eigenvalue weighted by Crippen LogP contribution is -2.04. The van der Waals surface area contributed by atoms with Gasteiger partial charge in [-0.05, 0) is 42.4 Å². The van der Waals surface area contributed by atoms with E-state index in [-0.39, 0.29) is 6.61 Å². The Hall–Kier alpha value is -0.820. The van der Waals surface area contributed by atoms with Gasteiger partial charge in [0.15, 0.2) is 0 Å². The van der Waals surface area contributed by atoms with Gasteiger partial charge in [-0.25, -0.2) is 0 Å². The first kappa shape index (κ1) is 9.72. The van der Waals surface area contributed by atoms with Crippen LogP contribution in [0, 0.1) is 12.8 Å². The van der Waals surface area contributed by atoms with E-state index in [1.165, 1.54) is 29.5 Å². The largest absolute Gasteiger partial charge is 0.395 e. The number of aliphatic hydroxyl groups excluding tert-OH is 1. The topological polar surface area (TPSA) is 20.2 Å². The number of aliphatic hydroxyl groups is 1. The number of hydrogen-bond donors (Lipinski definition) is 1. The van der Waals surface area contributed by atoms with Gasteiger partial charge in [0.05, 0.1) is 6.61 Å². The Balaban J connectivity index is 2.35. The number of benzene rings is 1. The van der Waals surface area contributed by atoms with Crippen molar-refractivity contribution in [1.29, 1.82) is 0 Å². The maximum Gasteiger partial charge on any atom is 0.0534 e. The van der Waals surface area contributed by atoms with E-state index in [1.807, 2.05) is 6.92 Å². The predicted octanol–water partition coefficient (Wildman–Crippen LogP) is 2.81. The fourth-order valence-corrected chi connectivity index (χ4v) is 2.04. The van der Waals surface area contributed by atoms with Crippen molar-refractivity contribution in [2.45, 2.75) is 32.6 Å². The zero-order valence-electron chi connectivity index (χ0n) is 8.88. The van der Waals surface area contributed by atoms with Gasteiger partial charge in [-0.15, -0.1) is 0 Å². The van der Waals surface area contributed by atoms with Crippen LogP contribution in [0.3, 0.4) is 0 Å². The molecule has 0 spiro atoms. The van der Waals surface area contributed by atoms with E-state index in [4.69, 9.17) is 5.11 Å². The fraction of sp³-hybridized carbons (Fsp3) is 0.462. The first-order valence-electron chi connectivity index (χ1n) is 5.27. The Morgan fingerprint density at radius 3 is 2.71 bits per heavy atom. The first-order chi connectivity index (χ1) is 6.74. The van der Waals surface area contributed by atoms with E-state index in [0.29, 0.717) is 0 Å². The van der Waals surface area contributed by atoms with Gasteiger partial charge in [0.1, 0.15) is 0 Å². The summed E-state index contributed by atoms with van der Waals surface area (Å²) in [5.74, 6) is 1.87. The highest BCUT2D eigenvalue weighted by atomic mass is 16.3. The van der Waals surface area contributed by atoms with Gasteiger partial charge in [0, 0.05) is 5.92 Å². The molecule has 0 unspecified atom stereocenters. The van der Waals surface area contributed by atoms with E-state index in [1.54, 1.807) is 0 Å². The molecule has 0 saturated heterocycles. The highest BCUT2D eigenvalue weighted by Gasteiger charge is 2.26. The zero-order valence-corrected chi connectivity index (χ0v) is 8.88. The molecule has 1 aliphatic rings. The summed E-state index contributed by atoms with van der Waals surface area (Å²) in [6.07, 6.45) is 2.67. The molecule has 0 heterocycles. The molecular weight excluding hydrogens is 172 g/mol. The van der Waals surface area contributed by atoms with Crippen molar-refractivity contribution in [3.63, 3.8) is 0 Å². The standard InChI is InChI=1S/C13H17O/c1-9(8-14)12-4-3-5-13(10(12)2)11-6-7-11/h3-5,11,14H,6-8H2,1-2H3. The Bertz CT molecular complexity index is 326. The lowest BCUT2D eigenvalue weighted by Gasteiger charge is -2.14. The van der Waals surface area contributed by atoms with Crippen LogP contribution in [0.2, 0.25) is 0 Å². The van der Waals surface area contributed by atoms with Crippen molar-refractivity contribution in [1.82, 2.24) is 0 Å². The van der Waals surface area contributed by atoms with E-state index in [2.05, 4.69) is 25.1 Å². The SMILES string of the molecule is C[C](CO)c1cccc(C2CC2)c1C. The average Bonchev–Trinajstić information content (AvgIpc) is 3.01. The maximum atomic E-state index is 9.12. The van der Waals surface area contributed by atoms with Crippen LogP contribution in [-0.4, -0.2) is 11.7 Å². The highest BCUT2D eigenvalue weighted by Crippen LogP contribution is 2.42. The molecule has 0 amide bonds. The minimum atomic E-state index is 0.162. The molecule has 0 atom stereocenters. The smallest absolute Gasteiger partial charge is 0.0534 e. The Labute approximate surface area is 85.8 Å². The second-order valence-corrected chi connectivity index (χ2v) is 4.23. The second kappa shape index (κ2) is 3.74. The monoisotopic (exact) mass is 189 g/mol. The number of hydrogen-bond acceptors (Lipinski definition) is 1. The van der Waals surface area contributed by atoms with Gasteiger partial charge >= 0.3 is 0 Å². The van der Waals surface area contributed by atoms with Crippen LogP contribution in [0.15, 0.2) is 18.2 Å². The Kier molecular flexibility index (Phi) is 2.60. The molecular formula is C13H17O. The van der Waals surface area contributed by atoms with Crippen molar-refractivity contribution in [3.05, 3.63) is 40.8 Å². The molecule has 1 heteroatoms. The summed E-state index contributed by atoms with van der Waals surface area (Å²) < 4.78 is 0. The molecule has 1 saturated carbocycles. The van der Waals surface area contributed by atoms with Crippen LogP contribution in [0.5, 0.6) is 0 Å². The third-order valence-electron chi connectivity index (χ3n) is 3.09. The Morgan fingerprint density at radius 1 is 1.43 bits per heavy atom. The lowest BCUT2D eigenvalue weighted by molar-refractivity contribution is 0.314. The van der Waals surface area contributed by atoms with Gasteiger partial charge in [-0.1, -0.05) is 25.1 Å². The molecule has 0 aliphatic heterocycles. The predicted molar refractivity (Wildman–Crippen MR) is 58.3 cm³/mol. The molecule has 14 heavy (non-hydrogen) atoms. The second-order valence-electron chi connectivity index (χ2n) is 4.23. The van der Waals surface area contributed by atoms with Gasteiger partial charge in [0.2, 0.25) is 0 Å². The fourth-order valence-electron chi connectivity index (χ4n) is 2.04. The third kappa shape index (κ3) is 1.69. The van der Waals surface area contributed by atoms with Crippen LogP contribution < -0.4 is 0 Å². The summed E-state index contributed by atoms with van der Waals surface area (Å²) in [4.78, 5) is 0. The molecule has 75 valence electrons. The van der Waals surface area contributed by atoms with Crippen LogP contribution in [0.25, 0.3) is 0 Å². The average molecular weight is 189 g/mol. The van der Waals surface area contributed by atoms with Gasteiger partial charge < -0.3 is 5.11 Å². The molecule has 1 aromatic rings. The molecule has 0 bridgehead atoms. The van der Waals surface area contributed by atoms with E-state index in [9.17, 15) is 0 Å². The molecule has 1 nitrogen and oxygen atoms in total. The van der Waals surface area contributed by atoms with Crippen molar-refractivity contribution in [2.24, 2.45) is 0 Å². The normalized spacial score (nSPS) is 16.3. The van der Waals surface area contributed by atoms with Crippen molar-refractivity contribution in [2.75, 3.05) is 6.61 Å². The van der Waals surface area contributed by atoms with Crippen LogP contribution >= 0.6 is 0 Å². The maximum absolute atomic E-state index is 9.12. The molecule has 2 rings (SSSR count). The molecule has 0 aromatic heterocycles. The number of rotatable bonds is 3. The molecule has 1 N–H and O–H groups in total. The van der Waals surface area contributed by atoms with Gasteiger partial charge in [-0.3, -0.25) is 0 Å². The van der Waals surface area contributed by atoms with Crippen LogP contribution in [0.4, 0.5) is 0 Å². The first-order valence-corrected chi connectivity index (χ1v) is 5.27. The molecule has 1 fully saturated rings. The lowest BCUT2D eigenvalue weighted by atomic mass is 9.92. The summed E-state index contributed by atoms with van der Waals surface area (Å²) in [6, 6.07) is 6.43. The summed E-state index contributed by atoms with van der Waals surface area (Å²) in [5.41, 5.74) is 4.08. The van der Waals surface area contributed by atoms with Crippen molar-refractivity contribution >= 4 is 0 Å². The van der Waals surface area contributed by atoms with Gasteiger partial charge in [-0.2, -0.15) is 0 Å². The molecule has 1 aliphatic carbocycles. The Morgan fingerprint density at radius 2 is 2.14 bits per heavy atom. The highest BCUT2D eigenvalue weighted by molar-refractivity contribution is 5.44. The molecule has 1 radical (unpaired) electrons.